The van der Waals surface area contributed by atoms with Crippen LogP contribution in [0.1, 0.15) is 24.0 Å². The number of hydrogen-bond donors (Lipinski definition) is 1. The highest BCUT2D eigenvalue weighted by atomic mass is 16.5. The van der Waals surface area contributed by atoms with E-state index in [1.807, 2.05) is 30.5 Å². The summed E-state index contributed by atoms with van der Waals surface area (Å²) in [5.41, 5.74) is 2.27. The monoisotopic (exact) mass is 355 g/mol. The van der Waals surface area contributed by atoms with Crippen LogP contribution in [0.3, 0.4) is 0 Å². The lowest BCUT2D eigenvalue weighted by Gasteiger charge is -2.24. The molecule has 1 aliphatic rings. The quantitative estimate of drug-likeness (QED) is 0.710. The Labute approximate surface area is 156 Å². The summed E-state index contributed by atoms with van der Waals surface area (Å²) in [5.74, 6) is 0.937. The highest BCUT2D eigenvalue weighted by Gasteiger charge is 2.23. The molecule has 0 spiro atoms. The summed E-state index contributed by atoms with van der Waals surface area (Å²) in [7, 11) is 1.77. The number of rotatable bonds is 10. The first kappa shape index (κ1) is 18.8. The molecule has 5 heteroatoms. The molecule has 1 saturated heterocycles. The smallest absolute Gasteiger partial charge is 0.124 e. The maximum absolute atomic E-state index is 6.01. The molecular formula is C21H29N3O2. The zero-order chi connectivity index (χ0) is 18.0. The number of pyridine rings is 1. The zero-order valence-electron chi connectivity index (χ0n) is 15.6. The first-order valence-corrected chi connectivity index (χ1v) is 9.40. The Morgan fingerprint density at radius 1 is 1.23 bits per heavy atom. The van der Waals surface area contributed by atoms with Gasteiger partial charge >= 0.3 is 0 Å². The maximum Gasteiger partial charge on any atom is 0.124 e. The van der Waals surface area contributed by atoms with Crippen LogP contribution >= 0.6 is 0 Å². The Kier molecular flexibility index (Phi) is 7.43. The molecule has 5 nitrogen and oxygen atoms in total. The number of hydrogen-bond acceptors (Lipinski definition) is 5. The molecule has 1 unspecified atom stereocenters. The van der Waals surface area contributed by atoms with Crippen molar-refractivity contribution in [2.75, 3.05) is 33.4 Å². The highest BCUT2D eigenvalue weighted by Crippen LogP contribution is 2.20. The number of para-hydroxylation sites is 1. The number of ether oxygens (including phenoxy) is 2. The molecule has 1 aliphatic heterocycles. The van der Waals surface area contributed by atoms with Crippen LogP contribution < -0.4 is 10.1 Å². The van der Waals surface area contributed by atoms with Gasteiger partial charge in [-0.3, -0.25) is 9.88 Å². The van der Waals surface area contributed by atoms with Gasteiger partial charge in [-0.1, -0.05) is 24.3 Å². The average Bonchev–Trinajstić information content (AvgIpc) is 3.13. The van der Waals surface area contributed by atoms with Gasteiger partial charge in [-0.15, -0.1) is 0 Å². The second-order valence-electron chi connectivity index (χ2n) is 6.71. The van der Waals surface area contributed by atoms with E-state index in [9.17, 15) is 0 Å². The van der Waals surface area contributed by atoms with Gasteiger partial charge in [0, 0.05) is 56.3 Å². The first-order valence-electron chi connectivity index (χ1n) is 9.40. The summed E-state index contributed by atoms with van der Waals surface area (Å²) in [5, 5.41) is 3.61. The molecule has 2 aromatic rings. The molecule has 3 rings (SSSR count). The Morgan fingerprint density at radius 2 is 2.15 bits per heavy atom. The van der Waals surface area contributed by atoms with Gasteiger partial charge in [-0.2, -0.15) is 0 Å². The van der Waals surface area contributed by atoms with Crippen molar-refractivity contribution < 1.29 is 9.47 Å². The molecule has 2 heterocycles. The molecule has 1 fully saturated rings. The second kappa shape index (κ2) is 10.3. The molecule has 0 bridgehead atoms. The minimum Gasteiger partial charge on any atom is -0.489 e. The summed E-state index contributed by atoms with van der Waals surface area (Å²) in [6.45, 7) is 5.37. The topological polar surface area (TPSA) is 46.6 Å². The van der Waals surface area contributed by atoms with Crippen molar-refractivity contribution in [3.05, 3.63) is 59.9 Å². The molecule has 1 N–H and O–H groups in total. The van der Waals surface area contributed by atoms with Crippen LogP contribution in [-0.4, -0.2) is 49.3 Å². The summed E-state index contributed by atoms with van der Waals surface area (Å²) < 4.78 is 11.2. The van der Waals surface area contributed by atoms with E-state index in [-0.39, 0.29) is 0 Å². The van der Waals surface area contributed by atoms with Crippen LogP contribution in [0.2, 0.25) is 0 Å². The normalized spacial score (nSPS) is 17.5. The fourth-order valence-corrected chi connectivity index (χ4v) is 3.44. The largest absolute Gasteiger partial charge is 0.489 e. The van der Waals surface area contributed by atoms with Crippen molar-refractivity contribution >= 4 is 0 Å². The van der Waals surface area contributed by atoms with Gasteiger partial charge in [0.05, 0.1) is 6.61 Å². The predicted molar refractivity (Wildman–Crippen MR) is 103 cm³/mol. The fourth-order valence-electron chi connectivity index (χ4n) is 3.44. The van der Waals surface area contributed by atoms with Crippen LogP contribution in [0.4, 0.5) is 0 Å². The number of likely N-dealkylation sites (tertiary alicyclic amines) is 1. The lowest BCUT2D eigenvalue weighted by atomic mass is 10.1. The molecule has 0 saturated carbocycles. The predicted octanol–water partition coefficient (Wildman–Crippen LogP) is 2.86. The molecule has 1 atom stereocenters. The third-order valence-corrected chi connectivity index (χ3v) is 4.87. The zero-order valence-corrected chi connectivity index (χ0v) is 15.6. The summed E-state index contributed by atoms with van der Waals surface area (Å²) in [6.07, 6.45) is 6.16. The van der Waals surface area contributed by atoms with Gasteiger partial charge in [0.1, 0.15) is 12.4 Å². The second-order valence-corrected chi connectivity index (χ2v) is 6.71. The Hall–Kier alpha value is -1.95. The van der Waals surface area contributed by atoms with Gasteiger partial charge in [0.25, 0.3) is 0 Å². The Bertz CT molecular complexity index is 651. The minimum absolute atomic E-state index is 0.540. The van der Waals surface area contributed by atoms with Crippen molar-refractivity contribution in [3.63, 3.8) is 0 Å². The SMILES string of the molecule is COCCN1CCCC1CNCc1ccccc1OCc1cccnc1. The van der Waals surface area contributed by atoms with E-state index in [0.717, 1.165) is 37.6 Å². The molecule has 26 heavy (non-hydrogen) atoms. The van der Waals surface area contributed by atoms with Gasteiger partial charge < -0.3 is 14.8 Å². The van der Waals surface area contributed by atoms with E-state index in [1.165, 1.54) is 24.9 Å². The summed E-state index contributed by atoms with van der Waals surface area (Å²) >= 11 is 0. The van der Waals surface area contributed by atoms with E-state index in [1.54, 1.807) is 13.3 Å². The molecule has 0 aliphatic carbocycles. The van der Waals surface area contributed by atoms with E-state index < -0.39 is 0 Å². The van der Waals surface area contributed by atoms with Crippen LogP contribution in [0.25, 0.3) is 0 Å². The maximum atomic E-state index is 6.01. The molecular weight excluding hydrogens is 326 g/mol. The number of methoxy groups -OCH3 is 1. The summed E-state index contributed by atoms with van der Waals surface area (Å²) in [4.78, 5) is 6.66. The van der Waals surface area contributed by atoms with Gasteiger partial charge in [-0.25, -0.2) is 0 Å². The third-order valence-electron chi connectivity index (χ3n) is 4.87. The number of aromatic nitrogens is 1. The van der Waals surface area contributed by atoms with Gasteiger partial charge in [0.15, 0.2) is 0 Å². The van der Waals surface area contributed by atoms with Crippen LogP contribution in [-0.2, 0) is 17.9 Å². The average molecular weight is 355 g/mol. The molecule has 0 radical (unpaired) electrons. The van der Waals surface area contributed by atoms with E-state index in [4.69, 9.17) is 9.47 Å². The molecule has 1 aromatic carbocycles. The van der Waals surface area contributed by atoms with Crippen molar-refractivity contribution in [2.24, 2.45) is 0 Å². The number of benzene rings is 1. The van der Waals surface area contributed by atoms with E-state index >= 15 is 0 Å². The Morgan fingerprint density at radius 3 is 3.00 bits per heavy atom. The van der Waals surface area contributed by atoms with Crippen molar-refractivity contribution in [3.8, 4) is 5.75 Å². The highest BCUT2D eigenvalue weighted by molar-refractivity contribution is 5.33. The first-order chi connectivity index (χ1) is 12.9. The fraction of sp³-hybridized carbons (Fsp3) is 0.476. The van der Waals surface area contributed by atoms with Crippen LogP contribution in [0, 0.1) is 0 Å². The molecule has 0 amide bonds. The van der Waals surface area contributed by atoms with Crippen LogP contribution in [0.5, 0.6) is 5.75 Å². The third kappa shape index (κ3) is 5.53. The van der Waals surface area contributed by atoms with E-state index in [0.29, 0.717) is 12.6 Å². The minimum atomic E-state index is 0.540. The summed E-state index contributed by atoms with van der Waals surface area (Å²) in [6, 6.07) is 12.8. The van der Waals surface area contributed by atoms with Crippen LogP contribution in [0.15, 0.2) is 48.8 Å². The van der Waals surface area contributed by atoms with Crippen molar-refractivity contribution in [2.45, 2.75) is 32.0 Å². The van der Waals surface area contributed by atoms with E-state index in [2.05, 4.69) is 27.3 Å². The van der Waals surface area contributed by atoms with Crippen molar-refractivity contribution in [1.29, 1.82) is 0 Å². The number of nitrogens with one attached hydrogen (secondary N) is 1. The van der Waals surface area contributed by atoms with Crippen molar-refractivity contribution in [1.82, 2.24) is 15.2 Å². The molecule has 140 valence electrons. The number of nitrogens with zero attached hydrogens (tertiary/aromatic N) is 2. The van der Waals surface area contributed by atoms with Gasteiger partial charge in [-0.05, 0) is 31.5 Å². The standard InChI is InChI=1S/C21H29N3O2/c1-25-13-12-24-11-5-8-20(24)16-23-15-19-7-2-3-9-21(19)26-17-18-6-4-10-22-14-18/h2-4,6-7,9-10,14,20,23H,5,8,11-13,15-17H2,1H3. The Balaban J connectivity index is 1.49. The lowest BCUT2D eigenvalue weighted by molar-refractivity contribution is 0.140. The lowest BCUT2D eigenvalue weighted by Crippen LogP contribution is -2.39. The van der Waals surface area contributed by atoms with Gasteiger partial charge in [0.2, 0.25) is 0 Å². The molecule has 1 aromatic heterocycles.